The van der Waals surface area contributed by atoms with Crippen molar-refractivity contribution in [2.24, 2.45) is 0 Å². The zero-order valence-corrected chi connectivity index (χ0v) is 14.4. The number of nitrogens with one attached hydrogen (secondary N) is 1. The van der Waals surface area contributed by atoms with E-state index >= 15 is 0 Å². The number of hydrogen-bond acceptors (Lipinski definition) is 5. The molecule has 0 radical (unpaired) electrons. The van der Waals surface area contributed by atoms with Crippen LogP contribution in [0.25, 0.3) is 10.9 Å². The van der Waals surface area contributed by atoms with Gasteiger partial charge in [-0.25, -0.2) is 0 Å². The van der Waals surface area contributed by atoms with Gasteiger partial charge in [0.25, 0.3) is 11.6 Å². The maximum atomic E-state index is 13.1. The van der Waals surface area contributed by atoms with Gasteiger partial charge in [0, 0.05) is 28.9 Å². The number of nitro groups is 1. The predicted molar refractivity (Wildman–Crippen MR) is 94.8 cm³/mol. The predicted octanol–water partition coefficient (Wildman–Crippen LogP) is 3.68. The summed E-state index contributed by atoms with van der Waals surface area (Å²) in [5.74, 6) is -0.185. The van der Waals surface area contributed by atoms with E-state index in [2.05, 4.69) is 28.6 Å². The molecule has 25 heavy (non-hydrogen) atoms. The number of aromatic nitrogens is 2. The third-order valence-electron chi connectivity index (χ3n) is 4.70. The number of nitrogens with zero attached hydrogens (tertiary/aromatic N) is 3. The quantitative estimate of drug-likeness (QED) is 0.572. The van der Waals surface area contributed by atoms with Crippen LogP contribution in [0, 0.1) is 10.1 Å². The highest BCUT2D eigenvalue weighted by Gasteiger charge is 2.32. The maximum Gasteiger partial charge on any atom is 0.275 e. The first-order valence-corrected chi connectivity index (χ1v) is 8.98. The molecule has 128 valence electrons. The molecule has 8 heteroatoms. The molecule has 1 unspecified atom stereocenters. The lowest BCUT2D eigenvalue weighted by molar-refractivity contribution is -0.384. The third-order valence-corrected chi connectivity index (χ3v) is 5.70. The summed E-state index contributed by atoms with van der Waals surface area (Å²) in [6.07, 6.45) is 1.65. The second-order valence-electron chi connectivity index (χ2n) is 6.03. The highest BCUT2D eigenvalue weighted by Crippen LogP contribution is 2.36. The number of thiophene rings is 1. The van der Waals surface area contributed by atoms with Gasteiger partial charge in [0.15, 0.2) is 5.69 Å². The molecule has 0 saturated carbocycles. The topological polar surface area (TPSA) is 92.1 Å². The van der Waals surface area contributed by atoms with Gasteiger partial charge in [-0.1, -0.05) is 6.92 Å². The van der Waals surface area contributed by atoms with Crippen LogP contribution in [0.15, 0.2) is 29.6 Å². The number of H-pyrrole nitrogens is 1. The van der Waals surface area contributed by atoms with Gasteiger partial charge < -0.3 is 4.90 Å². The highest BCUT2D eigenvalue weighted by atomic mass is 32.1. The van der Waals surface area contributed by atoms with E-state index < -0.39 is 4.92 Å². The van der Waals surface area contributed by atoms with Crippen molar-refractivity contribution in [3.05, 3.63) is 55.9 Å². The van der Waals surface area contributed by atoms with Crippen molar-refractivity contribution in [3.63, 3.8) is 0 Å². The number of fused-ring (bicyclic) bond motifs is 2. The summed E-state index contributed by atoms with van der Waals surface area (Å²) in [6.45, 7) is 2.69. The Bertz CT molecular complexity index is 977. The number of amides is 1. The summed E-state index contributed by atoms with van der Waals surface area (Å²) in [5, 5.41) is 20.5. The number of aromatic amines is 1. The number of benzene rings is 1. The lowest BCUT2D eigenvalue weighted by Gasteiger charge is -2.35. The molecule has 0 saturated heterocycles. The Kier molecular flexibility index (Phi) is 3.76. The van der Waals surface area contributed by atoms with Crippen LogP contribution in [0.4, 0.5) is 5.69 Å². The van der Waals surface area contributed by atoms with Gasteiger partial charge in [0.1, 0.15) is 0 Å². The van der Waals surface area contributed by atoms with Gasteiger partial charge in [-0.3, -0.25) is 20.0 Å². The normalized spacial score (nSPS) is 16.8. The minimum Gasteiger partial charge on any atom is -0.330 e. The van der Waals surface area contributed by atoms with Gasteiger partial charge in [-0.15, -0.1) is 11.3 Å². The number of carbonyl (C=O) groups excluding carboxylic acids is 1. The fourth-order valence-electron chi connectivity index (χ4n) is 3.49. The summed E-state index contributed by atoms with van der Waals surface area (Å²) in [7, 11) is 0. The average Bonchev–Trinajstić information content (AvgIpc) is 3.26. The zero-order valence-electron chi connectivity index (χ0n) is 13.6. The zero-order chi connectivity index (χ0) is 17.6. The van der Waals surface area contributed by atoms with Crippen LogP contribution in [0.3, 0.4) is 0 Å². The van der Waals surface area contributed by atoms with E-state index in [0.717, 1.165) is 12.8 Å². The lowest BCUT2D eigenvalue weighted by atomic mass is 9.97. The van der Waals surface area contributed by atoms with Gasteiger partial charge in [-0.2, -0.15) is 5.10 Å². The molecule has 1 aliphatic rings. The van der Waals surface area contributed by atoms with Crippen molar-refractivity contribution in [3.8, 4) is 0 Å². The first-order chi connectivity index (χ1) is 12.1. The molecule has 7 nitrogen and oxygen atoms in total. The smallest absolute Gasteiger partial charge is 0.275 e. The van der Waals surface area contributed by atoms with E-state index in [9.17, 15) is 14.9 Å². The Balaban J connectivity index is 1.75. The van der Waals surface area contributed by atoms with Gasteiger partial charge >= 0.3 is 0 Å². The molecule has 0 spiro atoms. The largest absolute Gasteiger partial charge is 0.330 e. The molecule has 3 aromatic rings. The van der Waals surface area contributed by atoms with E-state index in [-0.39, 0.29) is 23.3 Å². The standard InChI is InChI=1S/C17H16N4O3S/c1-2-14-11-6-8-25-15(11)5-7-20(14)17(22)16-12-9-10(21(23)24)3-4-13(12)18-19-16/h3-4,6,8-9,14H,2,5,7H2,1H3,(H,18,19). The summed E-state index contributed by atoms with van der Waals surface area (Å²) in [4.78, 5) is 26.9. The SMILES string of the molecule is CCC1c2ccsc2CCN1C(=O)c1n[nH]c2ccc([N+](=O)[O-])cc12. The van der Waals surface area contributed by atoms with Crippen LogP contribution in [0.5, 0.6) is 0 Å². The maximum absolute atomic E-state index is 13.1. The fraction of sp³-hybridized carbons (Fsp3) is 0.294. The Morgan fingerprint density at radius 1 is 1.48 bits per heavy atom. The van der Waals surface area contributed by atoms with Crippen LogP contribution >= 0.6 is 11.3 Å². The molecule has 1 atom stereocenters. The van der Waals surface area contributed by atoms with Crippen molar-refractivity contribution in [2.75, 3.05) is 6.54 Å². The molecule has 1 aromatic carbocycles. The number of carbonyl (C=O) groups is 1. The summed E-state index contributed by atoms with van der Waals surface area (Å²) in [5.41, 5.74) is 2.03. The molecule has 3 heterocycles. The van der Waals surface area contributed by atoms with Gasteiger partial charge in [0.2, 0.25) is 0 Å². The van der Waals surface area contributed by atoms with Crippen molar-refractivity contribution in [1.82, 2.24) is 15.1 Å². The molecular formula is C17H16N4O3S. The van der Waals surface area contributed by atoms with E-state index in [1.807, 2.05) is 4.90 Å². The third kappa shape index (κ3) is 2.49. The number of hydrogen-bond donors (Lipinski definition) is 1. The summed E-state index contributed by atoms with van der Waals surface area (Å²) in [6, 6.07) is 6.51. The Morgan fingerprint density at radius 3 is 3.08 bits per heavy atom. The molecule has 1 aliphatic heterocycles. The van der Waals surface area contributed by atoms with E-state index in [0.29, 0.717) is 17.4 Å². The molecule has 0 aliphatic carbocycles. The minimum atomic E-state index is -0.464. The molecule has 0 bridgehead atoms. The molecule has 0 fully saturated rings. The van der Waals surface area contributed by atoms with Crippen LogP contribution < -0.4 is 0 Å². The van der Waals surface area contributed by atoms with Crippen molar-refractivity contribution in [1.29, 1.82) is 0 Å². The molecular weight excluding hydrogens is 340 g/mol. The average molecular weight is 356 g/mol. The first kappa shape index (κ1) is 15.8. The Morgan fingerprint density at radius 2 is 2.32 bits per heavy atom. The number of non-ortho nitro benzene ring substituents is 1. The minimum absolute atomic E-state index is 0.0212. The monoisotopic (exact) mass is 356 g/mol. The van der Waals surface area contributed by atoms with Crippen molar-refractivity contribution < 1.29 is 9.72 Å². The van der Waals surface area contributed by atoms with Crippen LogP contribution in [-0.2, 0) is 6.42 Å². The Hall–Kier alpha value is -2.74. The second kappa shape index (κ2) is 5.96. The molecule has 2 aromatic heterocycles. The van der Waals surface area contributed by atoms with Crippen molar-refractivity contribution >= 4 is 33.8 Å². The number of rotatable bonds is 3. The summed E-state index contributed by atoms with van der Waals surface area (Å²) >= 11 is 1.73. The van der Waals surface area contributed by atoms with E-state index in [4.69, 9.17) is 0 Å². The molecule has 1 amide bonds. The fourth-order valence-corrected chi connectivity index (χ4v) is 4.42. The lowest BCUT2D eigenvalue weighted by Crippen LogP contribution is -2.39. The first-order valence-electron chi connectivity index (χ1n) is 8.10. The van der Waals surface area contributed by atoms with Crippen molar-refractivity contribution in [2.45, 2.75) is 25.8 Å². The van der Waals surface area contributed by atoms with Crippen LogP contribution in [0.2, 0.25) is 0 Å². The molecule has 1 N–H and O–H groups in total. The highest BCUT2D eigenvalue weighted by molar-refractivity contribution is 7.10. The Labute approximate surface area is 147 Å². The summed E-state index contributed by atoms with van der Waals surface area (Å²) < 4.78 is 0. The van der Waals surface area contributed by atoms with Gasteiger partial charge in [-0.05, 0) is 35.9 Å². The van der Waals surface area contributed by atoms with Crippen LogP contribution in [-0.4, -0.2) is 32.5 Å². The molecule has 4 rings (SSSR count). The second-order valence-corrected chi connectivity index (χ2v) is 7.03. The number of nitro benzene ring substituents is 1. The van der Waals surface area contributed by atoms with Crippen LogP contribution in [0.1, 0.15) is 40.3 Å². The van der Waals surface area contributed by atoms with Gasteiger partial charge in [0.05, 0.1) is 16.5 Å². The van der Waals surface area contributed by atoms with E-state index in [1.165, 1.54) is 22.6 Å². The van der Waals surface area contributed by atoms with E-state index in [1.54, 1.807) is 17.4 Å².